The van der Waals surface area contributed by atoms with Crippen LogP contribution >= 0.6 is 0 Å². The molecule has 0 radical (unpaired) electrons. The Morgan fingerprint density at radius 2 is 1.73 bits per heavy atom. The van der Waals surface area contributed by atoms with E-state index in [4.69, 9.17) is 14.2 Å². The number of ether oxygens (including phenoxy) is 3. The van der Waals surface area contributed by atoms with Crippen molar-refractivity contribution in [2.75, 3.05) is 13.2 Å². The number of carbonyl (C=O) groups excluding carboxylic acids is 2. The fraction of sp³-hybridized carbons (Fsp3) is 0.765. The van der Waals surface area contributed by atoms with Crippen LogP contribution in [0.3, 0.4) is 0 Å². The van der Waals surface area contributed by atoms with E-state index in [1.165, 1.54) is 19.3 Å². The number of rotatable bonds is 13. The van der Waals surface area contributed by atoms with Gasteiger partial charge in [0.15, 0.2) is 0 Å². The molecule has 0 aromatic rings. The van der Waals surface area contributed by atoms with Crippen molar-refractivity contribution in [2.24, 2.45) is 0 Å². The van der Waals surface area contributed by atoms with Gasteiger partial charge in [-0.2, -0.15) is 0 Å². The lowest BCUT2D eigenvalue weighted by Gasteiger charge is -2.17. The minimum atomic E-state index is -0.474. The monoisotopic (exact) mass is 314 g/mol. The summed E-state index contributed by atoms with van der Waals surface area (Å²) >= 11 is 0. The van der Waals surface area contributed by atoms with E-state index in [0.29, 0.717) is 6.42 Å². The maximum absolute atomic E-state index is 11.5. The Labute approximate surface area is 134 Å². The largest absolute Gasteiger partial charge is 0.463 e. The molecule has 0 aliphatic carbocycles. The smallest absolute Gasteiger partial charge is 0.330 e. The summed E-state index contributed by atoms with van der Waals surface area (Å²) in [6.45, 7) is 9.51. The quantitative estimate of drug-likeness (QED) is 0.296. The van der Waals surface area contributed by atoms with Crippen LogP contribution in [0.1, 0.15) is 59.3 Å². The normalized spacial score (nSPS) is 13.2. The minimum Gasteiger partial charge on any atom is -0.463 e. The van der Waals surface area contributed by atoms with Crippen LogP contribution in [0.15, 0.2) is 12.7 Å². The molecule has 22 heavy (non-hydrogen) atoms. The molecule has 5 heteroatoms. The molecule has 0 aromatic carbocycles. The fourth-order valence-electron chi connectivity index (χ4n) is 1.78. The third-order valence-corrected chi connectivity index (χ3v) is 3.06. The molecule has 0 aromatic heterocycles. The highest BCUT2D eigenvalue weighted by Crippen LogP contribution is 2.06. The average Bonchev–Trinajstić information content (AvgIpc) is 2.50. The Kier molecular flexibility index (Phi) is 12.5. The van der Waals surface area contributed by atoms with Crippen molar-refractivity contribution < 1.29 is 23.8 Å². The summed E-state index contributed by atoms with van der Waals surface area (Å²) in [5.74, 6) is -0.656. The predicted molar refractivity (Wildman–Crippen MR) is 85.5 cm³/mol. The van der Waals surface area contributed by atoms with E-state index in [2.05, 4.69) is 13.5 Å². The van der Waals surface area contributed by atoms with Crippen LogP contribution in [0, 0.1) is 0 Å². The Morgan fingerprint density at radius 1 is 1.05 bits per heavy atom. The van der Waals surface area contributed by atoms with E-state index in [1.54, 1.807) is 6.92 Å². The van der Waals surface area contributed by atoms with E-state index in [0.717, 1.165) is 18.9 Å². The van der Waals surface area contributed by atoms with Crippen LogP contribution in [0.25, 0.3) is 0 Å². The van der Waals surface area contributed by atoms with E-state index >= 15 is 0 Å². The molecule has 0 saturated heterocycles. The molecule has 0 aliphatic rings. The van der Waals surface area contributed by atoms with Gasteiger partial charge in [-0.1, -0.05) is 39.2 Å². The summed E-state index contributed by atoms with van der Waals surface area (Å²) in [5.41, 5.74) is 0. The van der Waals surface area contributed by atoms with Crippen LogP contribution in [-0.2, 0) is 23.8 Å². The van der Waals surface area contributed by atoms with Gasteiger partial charge in [0.2, 0.25) is 0 Å². The first-order chi connectivity index (χ1) is 10.5. The summed E-state index contributed by atoms with van der Waals surface area (Å²) in [5, 5.41) is 0. The summed E-state index contributed by atoms with van der Waals surface area (Å²) < 4.78 is 15.6. The van der Waals surface area contributed by atoms with Crippen molar-refractivity contribution in [1.29, 1.82) is 0 Å². The topological polar surface area (TPSA) is 61.8 Å². The Balaban J connectivity index is 3.62. The molecule has 2 atom stereocenters. The van der Waals surface area contributed by atoms with Crippen molar-refractivity contribution in [3.63, 3.8) is 0 Å². The third-order valence-electron chi connectivity index (χ3n) is 3.06. The van der Waals surface area contributed by atoms with Gasteiger partial charge in [0.05, 0.1) is 12.7 Å². The molecule has 5 nitrogen and oxygen atoms in total. The Bertz CT molecular complexity index is 327. The van der Waals surface area contributed by atoms with Gasteiger partial charge in [0, 0.05) is 12.5 Å². The zero-order valence-electron chi connectivity index (χ0n) is 14.1. The highest BCUT2D eigenvalue weighted by Gasteiger charge is 2.11. The van der Waals surface area contributed by atoms with E-state index in [9.17, 15) is 9.59 Å². The second-order valence-electron chi connectivity index (χ2n) is 5.44. The lowest BCUT2D eigenvalue weighted by Crippen LogP contribution is -2.25. The van der Waals surface area contributed by atoms with Crippen molar-refractivity contribution in [3.05, 3.63) is 12.7 Å². The van der Waals surface area contributed by atoms with E-state index in [-0.39, 0.29) is 31.4 Å². The highest BCUT2D eigenvalue weighted by molar-refractivity contribution is 5.81. The van der Waals surface area contributed by atoms with Gasteiger partial charge in [-0.15, -0.1) is 0 Å². The zero-order valence-corrected chi connectivity index (χ0v) is 14.1. The van der Waals surface area contributed by atoms with Gasteiger partial charge in [-0.05, 0) is 20.3 Å². The molecule has 0 amide bonds. The van der Waals surface area contributed by atoms with Crippen molar-refractivity contribution in [3.8, 4) is 0 Å². The number of carbonyl (C=O) groups is 2. The minimum absolute atomic E-state index is 0.182. The van der Waals surface area contributed by atoms with Gasteiger partial charge in [0.1, 0.15) is 12.7 Å². The Hall–Kier alpha value is -1.36. The lowest BCUT2D eigenvalue weighted by atomic mass is 10.1. The second-order valence-corrected chi connectivity index (χ2v) is 5.44. The first-order valence-corrected chi connectivity index (χ1v) is 8.09. The number of hydrogen-bond acceptors (Lipinski definition) is 5. The van der Waals surface area contributed by atoms with E-state index < -0.39 is 5.97 Å². The average molecular weight is 314 g/mol. The molecule has 0 heterocycles. The molecule has 0 N–H and O–H groups in total. The molecular weight excluding hydrogens is 284 g/mol. The van der Waals surface area contributed by atoms with Crippen LogP contribution in [0.4, 0.5) is 0 Å². The summed E-state index contributed by atoms with van der Waals surface area (Å²) in [6, 6.07) is 0. The van der Waals surface area contributed by atoms with Gasteiger partial charge in [-0.25, -0.2) is 4.79 Å². The van der Waals surface area contributed by atoms with Crippen LogP contribution in [0.2, 0.25) is 0 Å². The van der Waals surface area contributed by atoms with Crippen molar-refractivity contribution in [1.82, 2.24) is 0 Å². The Morgan fingerprint density at radius 3 is 2.36 bits per heavy atom. The summed E-state index contributed by atoms with van der Waals surface area (Å²) in [4.78, 5) is 22.5. The third kappa shape index (κ3) is 12.4. The highest BCUT2D eigenvalue weighted by atomic mass is 16.6. The summed E-state index contributed by atoms with van der Waals surface area (Å²) in [6.07, 6.45) is 6.52. The molecule has 0 bridgehead atoms. The van der Waals surface area contributed by atoms with Crippen LogP contribution < -0.4 is 0 Å². The fourth-order valence-corrected chi connectivity index (χ4v) is 1.78. The lowest BCUT2D eigenvalue weighted by molar-refractivity contribution is -0.150. The van der Waals surface area contributed by atoms with E-state index in [1.807, 2.05) is 6.92 Å². The molecule has 0 aliphatic heterocycles. The molecule has 2 unspecified atom stereocenters. The molecule has 128 valence electrons. The first-order valence-electron chi connectivity index (χ1n) is 8.09. The van der Waals surface area contributed by atoms with Gasteiger partial charge in [-0.3, -0.25) is 4.79 Å². The number of unbranched alkanes of at least 4 members (excludes halogenated alkanes) is 4. The first kappa shape index (κ1) is 20.6. The molecule has 0 rings (SSSR count). The number of esters is 2. The van der Waals surface area contributed by atoms with Crippen LogP contribution in [-0.4, -0.2) is 37.4 Å². The standard InChI is InChI=1S/C17H30O5/c1-5-7-8-9-10-11-17(19)21-12-14(3)20-13-15(4)22-16(18)6-2/h6,14-15H,2,5,7-13H2,1,3-4H3. The molecule has 0 saturated carbocycles. The van der Waals surface area contributed by atoms with Crippen molar-refractivity contribution in [2.45, 2.75) is 71.5 Å². The maximum Gasteiger partial charge on any atom is 0.330 e. The SMILES string of the molecule is C=CC(=O)OC(C)COC(C)COC(=O)CCCCCCC. The predicted octanol–water partition coefficient (Wildman–Crippen LogP) is 3.41. The molecular formula is C17H30O5. The molecule has 0 fully saturated rings. The molecule has 0 spiro atoms. The number of hydrogen-bond donors (Lipinski definition) is 0. The van der Waals surface area contributed by atoms with Gasteiger partial charge in [0.25, 0.3) is 0 Å². The maximum atomic E-state index is 11.5. The van der Waals surface area contributed by atoms with Crippen LogP contribution in [0.5, 0.6) is 0 Å². The van der Waals surface area contributed by atoms with Crippen molar-refractivity contribution >= 4 is 11.9 Å². The zero-order chi connectivity index (χ0) is 16.8. The summed E-state index contributed by atoms with van der Waals surface area (Å²) in [7, 11) is 0. The van der Waals surface area contributed by atoms with Gasteiger partial charge >= 0.3 is 11.9 Å². The van der Waals surface area contributed by atoms with Gasteiger partial charge < -0.3 is 14.2 Å². The second kappa shape index (κ2) is 13.3.